The molecular formula is C19H12F6N4O. The van der Waals surface area contributed by atoms with Crippen molar-refractivity contribution >= 4 is 17.7 Å². The summed E-state index contributed by atoms with van der Waals surface area (Å²) in [5.74, 6) is -1.20. The molecular weight excluding hydrogens is 414 g/mol. The summed E-state index contributed by atoms with van der Waals surface area (Å²) in [4.78, 5) is 15.5. The smallest absolute Gasteiger partial charge is 0.366 e. The molecule has 3 aromatic rings. The van der Waals surface area contributed by atoms with Crippen molar-refractivity contribution in [1.82, 2.24) is 14.8 Å². The Morgan fingerprint density at radius 3 is 2.00 bits per heavy atom. The third kappa shape index (κ3) is 4.67. The molecule has 156 valence electrons. The molecule has 5 nitrogen and oxygen atoms in total. The van der Waals surface area contributed by atoms with Gasteiger partial charge in [0.05, 0.1) is 16.7 Å². The second-order valence-corrected chi connectivity index (χ2v) is 6.12. The average molecular weight is 426 g/mol. The molecule has 1 heterocycles. The lowest BCUT2D eigenvalue weighted by molar-refractivity contribution is -0.143. The Hall–Kier alpha value is -3.63. The van der Waals surface area contributed by atoms with Crippen molar-refractivity contribution in [3.05, 3.63) is 71.5 Å². The highest BCUT2D eigenvalue weighted by Gasteiger charge is 2.37. The van der Waals surface area contributed by atoms with Crippen LogP contribution in [0, 0.1) is 0 Å². The lowest BCUT2D eigenvalue weighted by Gasteiger charge is -2.13. The van der Waals surface area contributed by atoms with Gasteiger partial charge in [0.25, 0.3) is 5.91 Å². The lowest BCUT2D eigenvalue weighted by Crippen LogP contribution is -2.13. The average Bonchev–Trinajstić information content (AvgIpc) is 3.13. The first-order chi connectivity index (χ1) is 13.9. The molecule has 0 spiro atoms. The molecule has 0 unspecified atom stereocenters. The summed E-state index contributed by atoms with van der Waals surface area (Å²) in [5, 5.41) is 3.86. The van der Waals surface area contributed by atoms with E-state index in [1.54, 1.807) is 30.3 Å². The number of carbonyl (C=O) groups excluding carboxylic acids is 1. The number of rotatable bonds is 4. The first-order valence-electron chi connectivity index (χ1n) is 8.23. The number of carbonyl (C=O) groups is 1. The summed E-state index contributed by atoms with van der Waals surface area (Å²) in [6.07, 6.45) is -7.78. The first-order valence-corrected chi connectivity index (χ1v) is 8.23. The molecule has 0 aliphatic heterocycles. The van der Waals surface area contributed by atoms with E-state index in [0.717, 1.165) is 11.0 Å². The molecule has 0 fully saturated rings. The summed E-state index contributed by atoms with van der Waals surface area (Å²) in [6.45, 7) is 0. The number of benzene rings is 2. The van der Waals surface area contributed by atoms with Crippen molar-refractivity contribution < 1.29 is 31.1 Å². The van der Waals surface area contributed by atoms with Crippen LogP contribution in [0.5, 0.6) is 0 Å². The monoisotopic (exact) mass is 426 g/mol. The molecule has 2 N–H and O–H groups in total. The Labute approximate surface area is 165 Å². The summed E-state index contributed by atoms with van der Waals surface area (Å²) in [7, 11) is 0. The van der Waals surface area contributed by atoms with Gasteiger partial charge in [0.15, 0.2) is 5.82 Å². The standard InChI is InChI=1S/C19H12F6N4O/c20-18(21,22)13-6-12(7-14(8-13)19(23,24)25)17-27-10-29(28-17)9-15(16(26)30)11-4-2-1-3-5-11/h1-10H,(H2,26,30)/b15-9-. The first kappa shape index (κ1) is 21.1. The van der Waals surface area contributed by atoms with Crippen LogP contribution in [0.4, 0.5) is 26.3 Å². The normalized spacial score (nSPS) is 12.8. The summed E-state index contributed by atoms with van der Waals surface area (Å²) in [6, 6.07) is 9.26. The van der Waals surface area contributed by atoms with E-state index < -0.39 is 35.0 Å². The predicted octanol–water partition coefficient (Wildman–Crippen LogP) is 4.47. The minimum Gasteiger partial charge on any atom is -0.366 e. The molecule has 11 heteroatoms. The molecule has 2 aromatic carbocycles. The van der Waals surface area contributed by atoms with Crippen LogP contribution < -0.4 is 5.73 Å². The van der Waals surface area contributed by atoms with E-state index in [1.165, 1.54) is 6.20 Å². The van der Waals surface area contributed by atoms with Crippen molar-refractivity contribution in [1.29, 1.82) is 0 Å². The second kappa shape index (κ2) is 7.65. The van der Waals surface area contributed by atoms with Gasteiger partial charge in [0, 0.05) is 11.8 Å². The quantitative estimate of drug-likeness (QED) is 0.494. The number of aromatic nitrogens is 3. The molecule has 0 aliphatic rings. The van der Waals surface area contributed by atoms with Crippen molar-refractivity contribution in [2.75, 3.05) is 0 Å². The number of hydrogen-bond donors (Lipinski definition) is 1. The van der Waals surface area contributed by atoms with Gasteiger partial charge in [0.2, 0.25) is 0 Å². The van der Waals surface area contributed by atoms with Crippen LogP contribution in [0.3, 0.4) is 0 Å². The topological polar surface area (TPSA) is 73.8 Å². The van der Waals surface area contributed by atoms with Gasteiger partial charge in [-0.3, -0.25) is 4.79 Å². The minimum atomic E-state index is -5.00. The fraction of sp³-hybridized carbons (Fsp3) is 0.105. The van der Waals surface area contributed by atoms with Gasteiger partial charge in [-0.1, -0.05) is 30.3 Å². The van der Waals surface area contributed by atoms with E-state index in [9.17, 15) is 31.1 Å². The molecule has 0 bridgehead atoms. The zero-order chi connectivity index (χ0) is 22.1. The molecule has 0 atom stereocenters. The maximum atomic E-state index is 13.0. The van der Waals surface area contributed by atoms with Gasteiger partial charge in [0.1, 0.15) is 6.33 Å². The van der Waals surface area contributed by atoms with Crippen molar-refractivity contribution in [2.24, 2.45) is 5.73 Å². The Balaban J connectivity index is 2.06. The number of amides is 1. The fourth-order valence-corrected chi connectivity index (χ4v) is 2.58. The van der Waals surface area contributed by atoms with Crippen LogP contribution in [0.2, 0.25) is 0 Å². The zero-order valence-corrected chi connectivity index (χ0v) is 14.9. The highest BCUT2D eigenvalue weighted by Crippen LogP contribution is 2.38. The number of alkyl halides is 6. The van der Waals surface area contributed by atoms with E-state index in [1.807, 2.05) is 0 Å². The van der Waals surface area contributed by atoms with Crippen molar-refractivity contribution in [3.8, 4) is 11.4 Å². The Morgan fingerprint density at radius 2 is 1.50 bits per heavy atom. The van der Waals surface area contributed by atoms with E-state index in [0.29, 0.717) is 17.7 Å². The van der Waals surface area contributed by atoms with Gasteiger partial charge < -0.3 is 5.73 Å². The summed E-state index contributed by atoms with van der Waals surface area (Å²) >= 11 is 0. The van der Waals surface area contributed by atoms with Gasteiger partial charge in [-0.25, -0.2) is 9.67 Å². The van der Waals surface area contributed by atoms with Crippen LogP contribution >= 0.6 is 0 Å². The number of halogens is 6. The van der Waals surface area contributed by atoms with Gasteiger partial charge in [-0.2, -0.15) is 26.3 Å². The van der Waals surface area contributed by atoms with E-state index in [2.05, 4.69) is 10.1 Å². The Morgan fingerprint density at radius 1 is 0.933 bits per heavy atom. The lowest BCUT2D eigenvalue weighted by atomic mass is 10.0. The Bertz CT molecular complexity index is 1070. The molecule has 0 saturated carbocycles. The molecule has 0 aliphatic carbocycles. The van der Waals surface area contributed by atoms with E-state index in [4.69, 9.17) is 5.73 Å². The molecule has 0 radical (unpaired) electrons. The van der Waals surface area contributed by atoms with Crippen LogP contribution in [0.25, 0.3) is 23.2 Å². The highest BCUT2D eigenvalue weighted by atomic mass is 19.4. The maximum Gasteiger partial charge on any atom is 0.416 e. The van der Waals surface area contributed by atoms with Crippen LogP contribution in [-0.2, 0) is 17.1 Å². The van der Waals surface area contributed by atoms with E-state index in [-0.39, 0.29) is 17.5 Å². The van der Waals surface area contributed by atoms with Crippen molar-refractivity contribution in [2.45, 2.75) is 12.4 Å². The summed E-state index contributed by atoms with van der Waals surface area (Å²) in [5.41, 5.74) is 2.36. The number of nitrogens with zero attached hydrogens (tertiary/aromatic N) is 3. The van der Waals surface area contributed by atoms with E-state index >= 15 is 0 Å². The van der Waals surface area contributed by atoms with Gasteiger partial charge in [-0.05, 0) is 23.8 Å². The number of hydrogen-bond acceptors (Lipinski definition) is 3. The number of nitrogens with two attached hydrogens (primary N) is 1. The maximum absolute atomic E-state index is 13.0. The van der Waals surface area contributed by atoms with Crippen LogP contribution in [0.1, 0.15) is 16.7 Å². The SMILES string of the molecule is NC(=O)/C(=C\n1cnc(-c2cc(C(F)(F)F)cc(C(F)(F)F)c2)n1)c1ccccc1. The molecule has 0 saturated heterocycles. The highest BCUT2D eigenvalue weighted by molar-refractivity contribution is 6.22. The third-order valence-electron chi connectivity index (χ3n) is 3.97. The minimum absolute atomic E-state index is 0.0149. The molecule has 1 aromatic heterocycles. The molecule has 30 heavy (non-hydrogen) atoms. The fourth-order valence-electron chi connectivity index (χ4n) is 2.58. The largest absolute Gasteiger partial charge is 0.416 e. The third-order valence-corrected chi connectivity index (χ3v) is 3.97. The van der Waals surface area contributed by atoms with Crippen LogP contribution in [0.15, 0.2) is 54.9 Å². The summed E-state index contributed by atoms with van der Waals surface area (Å²) < 4.78 is 79.2. The molecule has 3 rings (SSSR count). The number of primary amides is 1. The predicted molar refractivity (Wildman–Crippen MR) is 95.3 cm³/mol. The zero-order valence-electron chi connectivity index (χ0n) is 14.9. The Kier molecular flexibility index (Phi) is 5.38. The van der Waals surface area contributed by atoms with Crippen LogP contribution in [-0.4, -0.2) is 20.7 Å². The molecule has 1 amide bonds. The second-order valence-electron chi connectivity index (χ2n) is 6.12. The van der Waals surface area contributed by atoms with Gasteiger partial charge in [-0.15, -0.1) is 5.10 Å². The van der Waals surface area contributed by atoms with Crippen molar-refractivity contribution in [3.63, 3.8) is 0 Å². The van der Waals surface area contributed by atoms with Gasteiger partial charge >= 0.3 is 12.4 Å².